The summed E-state index contributed by atoms with van der Waals surface area (Å²) >= 11 is 2.31. The van der Waals surface area contributed by atoms with Crippen LogP contribution in [0.2, 0.25) is 0 Å². The number of anilines is 1. The Labute approximate surface area is 116 Å². The third kappa shape index (κ3) is 4.07. The summed E-state index contributed by atoms with van der Waals surface area (Å²) in [7, 11) is 0. The van der Waals surface area contributed by atoms with Crippen molar-refractivity contribution in [3.05, 3.63) is 52.0 Å². The molecule has 0 amide bonds. The number of hydrogen-bond acceptors (Lipinski definition) is 2. The van der Waals surface area contributed by atoms with Gasteiger partial charge >= 0.3 is 0 Å². The van der Waals surface area contributed by atoms with Gasteiger partial charge in [0, 0.05) is 21.7 Å². The third-order valence-electron chi connectivity index (χ3n) is 2.66. The van der Waals surface area contributed by atoms with Crippen molar-refractivity contribution in [3.8, 4) is 0 Å². The summed E-state index contributed by atoms with van der Waals surface area (Å²) < 4.78 is 6.58. The fraction of sp³-hybridized carbons (Fsp3) is 0.286. The average Bonchev–Trinajstić information content (AvgIpc) is 2.83. The first-order valence-electron chi connectivity index (χ1n) is 5.78. The standard InChI is InChI=1S/C14H16INO/c1-11(4-9-14-3-2-10-17-14)16-13-7-5-12(15)6-8-13/h2-3,5-8,10-11,16H,4,9H2,1H3. The molecule has 1 heterocycles. The molecule has 0 spiro atoms. The van der Waals surface area contributed by atoms with E-state index in [4.69, 9.17) is 4.42 Å². The average molecular weight is 341 g/mol. The highest BCUT2D eigenvalue weighted by molar-refractivity contribution is 14.1. The van der Waals surface area contributed by atoms with Gasteiger partial charge in [-0.3, -0.25) is 0 Å². The molecule has 1 N–H and O–H groups in total. The number of benzene rings is 1. The maximum Gasteiger partial charge on any atom is 0.103 e. The summed E-state index contributed by atoms with van der Waals surface area (Å²) in [6, 6.07) is 12.9. The van der Waals surface area contributed by atoms with Gasteiger partial charge in [-0.25, -0.2) is 0 Å². The molecule has 0 radical (unpaired) electrons. The molecule has 0 aliphatic rings. The van der Waals surface area contributed by atoms with E-state index in [1.807, 2.05) is 12.1 Å². The van der Waals surface area contributed by atoms with Gasteiger partial charge in [0.05, 0.1) is 6.26 Å². The molecule has 0 saturated carbocycles. The topological polar surface area (TPSA) is 25.2 Å². The lowest BCUT2D eigenvalue weighted by Crippen LogP contribution is -2.15. The number of hydrogen-bond donors (Lipinski definition) is 1. The van der Waals surface area contributed by atoms with E-state index in [-0.39, 0.29) is 0 Å². The van der Waals surface area contributed by atoms with Crippen LogP contribution in [0.1, 0.15) is 19.1 Å². The predicted molar refractivity (Wildman–Crippen MR) is 79.3 cm³/mol. The number of aryl methyl sites for hydroxylation is 1. The lowest BCUT2D eigenvalue weighted by molar-refractivity contribution is 0.495. The van der Waals surface area contributed by atoms with Crippen molar-refractivity contribution in [2.45, 2.75) is 25.8 Å². The van der Waals surface area contributed by atoms with Crippen LogP contribution < -0.4 is 5.32 Å². The van der Waals surface area contributed by atoms with Gasteiger partial charge in [-0.2, -0.15) is 0 Å². The highest BCUT2D eigenvalue weighted by Gasteiger charge is 2.04. The van der Waals surface area contributed by atoms with Crippen LogP contribution in [0.3, 0.4) is 0 Å². The normalized spacial score (nSPS) is 12.4. The molecule has 3 heteroatoms. The van der Waals surface area contributed by atoms with Crippen molar-refractivity contribution in [2.75, 3.05) is 5.32 Å². The molecule has 1 aromatic heterocycles. The van der Waals surface area contributed by atoms with E-state index in [0.717, 1.165) is 18.6 Å². The Morgan fingerprint density at radius 2 is 2.00 bits per heavy atom. The summed E-state index contributed by atoms with van der Waals surface area (Å²) in [5.74, 6) is 1.06. The minimum Gasteiger partial charge on any atom is -0.469 e. The first-order valence-corrected chi connectivity index (χ1v) is 6.86. The SMILES string of the molecule is CC(CCc1ccco1)Nc1ccc(I)cc1. The molecule has 0 bridgehead atoms. The van der Waals surface area contributed by atoms with Gasteiger partial charge in [-0.05, 0) is 72.3 Å². The van der Waals surface area contributed by atoms with E-state index in [9.17, 15) is 0 Å². The summed E-state index contributed by atoms with van der Waals surface area (Å²) in [6.07, 6.45) is 3.78. The van der Waals surface area contributed by atoms with Gasteiger partial charge in [0.2, 0.25) is 0 Å². The summed E-state index contributed by atoms with van der Waals surface area (Å²) in [5.41, 5.74) is 1.18. The minimum absolute atomic E-state index is 0.445. The number of nitrogens with one attached hydrogen (secondary N) is 1. The maximum absolute atomic E-state index is 5.32. The first-order chi connectivity index (χ1) is 8.24. The molecule has 1 atom stereocenters. The lowest BCUT2D eigenvalue weighted by Gasteiger charge is -2.14. The van der Waals surface area contributed by atoms with Gasteiger partial charge in [0.15, 0.2) is 0 Å². The molecule has 17 heavy (non-hydrogen) atoms. The van der Waals surface area contributed by atoms with Gasteiger partial charge in [0.25, 0.3) is 0 Å². The Hall–Kier alpha value is -0.970. The second kappa shape index (κ2) is 6.10. The molecule has 2 aromatic rings. The number of halogens is 1. The zero-order valence-electron chi connectivity index (χ0n) is 9.82. The molecule has 2 rings (SSSR count). The van der Waals surface area contributed by atoms with E-state index >= 15 is 0 Å². The van der Waals surface area contributed by atoms with Crippen LogP contribution in [0.5, 0.6) is 0 Å². The van der Waals surface area contributed by atoms with Gasteiger partial charge in [-0.1, -0.05) is 0 Å². The van der Waals surface area contributed by atoms with E-state index < -0.39 is 0 Å². The molecule has 2 nitrogen and oxygen atoms in total. The van der Waals surface area contributed by atoms with Gasteiger partial charge in [-0.15, -0.1) is 0 Å². The minimum atomic E-state index is 0.445. The molecule has 1 unspecified atom stereocenters. The highest BCUT2D eigenvalue weighted by Crippen LogP contribution is 2.14. The van der Waals surface area contributed by atoms with Gasteiger partial charge in [0.1, 0.15) is 5.76 Å². The van der Waals surface area contributed by atoms with Crippen LogP contribution in [0.4, 0.5) is 5.69 Å². The molecule has 0 aliphatic carbocycles. The smallest absolute Gasteiger partial charge is 0.103 e. The maximum atomic E-state index is 5.32. The fourth-order valence-electron chi connectivity index (χ4n) is 1.72. The van der Waals surface area contributed by atoms with Crippen LogP contribution in [-0.2, 0) is 6.42 Å². The fourth-order valence-corrected chi connectivity index (χ4v) is 2.08. The molecular formula is C14H16INO. The van der Waals surface area contributed by atoms with Crippen molar-refractivity contribution in [3.63, 3.8) is 0 Å². The highest BCUT2D eigenvalue weighted by atomic mass is 127. The van der Waals surface area contributed by atoms with E-state index in [2.05, 4.69) is 59.1 Å². The Morgan fingerprint density at radius 1 is 1.24 bits per heavy atom. The number of furan rings is 1. The Bertz CT molecular complexity index is 436. The first kappa shape index (κ1) is 12.5. The van der Waals surface area contributed by atoms with Crippen LogP contribution in [0, 0.1) is 3.57 Å². The van der Waals surface area contributed by atoms with E-state index in [0.29, 0.717) is 6.04 Å². The van der Waals surface area contributed by atoms with Crippen molar-refractivity contribution < 1.29 is 4.42 Å². The molecule has 90 valence electrons. The molecule has 1 aromatic carbocycles. The molecular weight excluding hydrogens is 325 g/mol. The Balaban J connectivity index is 1.80. The van der Waals surface area contributed by atoms with E-state index in [1.165, 1.54) is 9.26 Å². The predicted octanol–water partition coefficient (Wildman–Crippen LogP) is 4.32. The summed E-state index contributed by atoms with van der Waals surface area (Å²) in [5, 5.41) is 3.49. The molecule has 0 fully saturated rings. The van der Waals surface area contributed by atoms with Gasteiger partial charge < -0.3 is 9.73 Å². The number of rotatable bonds is 5. The second-order valence-electron chi connectivity index (χ2n) is 4.17. The largest absolute Gasteiger partial charge is 0.469 e. The third-order valence-corrected chi connectivity index (χ3v) is 3.38. The van der Waals surface area contributed by atoms with Crippen LogP contribution >= 0.6 is 22.6 Å². The zero-order valence-corrected chi connectivity index (χ0v) is 12.0. The quantitative estimate of drug-likeness (QED) is 0.820. The summed E-state index contributed by atoms with van der Waals surface area (Å²) in [6.45, 7) is 2.20. The summed E-state index contributed by atoms with van der Waals surface area (Å²) in [4.78, 5) is 0. The van der Waals surface area contributed by atoms with E-state index in [1.54, 1.807) is 6.26 Å². The Kier molecular flexibility index (Phi) is 4.48. The molecule has 0 aliphatic heterocycles. The lowest BCUT2D eigenvalue weighted by atomic mass is 10.1. The Morgan fingerprint density at radius 3 is 2.65 bits per heavy atom. The van der Waals surface area contributed by atoms with Crippen molar-refractivity contribution in [1.82, 2.24) is 0 Å². The molecule has 0 saturated heterocycles. The van der Waals surface area contributed by atoms with Crippen molar-refractivity contribution >= 4 is 28.3 Å². The van der Waals surface area contributed by atoms with Crippen molar-refractivity contribution in [2.24, 2.45) is 0 Å². The van der Waals surface area contributed by atoms with Crippen LogP contribution in [0.15, 0.2) is 47.1 Å². The van der Waals surface area contributed by atoms with Crippen LogP contribution in [-0.4, -0.2) is 6.04 Å². The van der Waals surface area contributed by atoms with Crippen molar-refractivity contribution in [1.29, 1.82) is 0 Å². The second-order valence-corrected chi connectivity index (χ2v) is 5.42. The monoisotopic (exact) mass is 341 g/mol. The zero-order chi connectivity index (χ0) is 12.1. The van der Waals surface area contributed by atoms with Crippen LogP contribution in [0.25, 0.3) is 0 Å².